The molecule has 0 aromatic heterocycles. The van der Waals surface area contributed by atoms with Crippen LogP contribution in [0, 0.1) is 17.3 Å². The summed E-state index contributed by atoms with van der Waals surface area (Å²) in [6, 6.07) is 5.77. The van der Waals surface area contributed by atoms with Gasteiger partial charge in [0.2, 0.25) is 0 Å². The van der Waals surface area contributed by atoms with Gasteiger partial charge in [0.15, 0.2) is 6.10 Å². The molecule has 8 heteroatoms. The molecule has 34 heavy (non-hydrogen) atoms. The van der Waals surface area contributed by atoms with Crippen LogP contribution in [0.15, 0.2) is 18.2 Å². The average Bonchev–Trinajstić information content (AvgIpc) is 2.94. The lowest BCUT2D eigenvalue weighted by Gasteiger charge is -2.50. The van der Waals surface area contributed by atoms with Crippen LogP contribution < -0.4 is 4.74 Å². The first-order valence-corrected chi connectivity index (χ1v) is 11.8. The second-order valence-electron chi connectivity index (χ2n) is 10.0. The number of benzene rings is 1. The fourth-order valence-electron chi connectivity index (χ4n) is 6.80. The Kier molecular flexibility index (Phi) is 6.44. The van der Waals surface area contributed by atoms with Gasteiger partial charge in [-0.25, -0.2) is 0 Å². The first kappa shape index (κ1) is 24.2. The van der Waals surface area contributed by atoms with Gasteiger partial charge in [0.25, 0.3) is 0 Å². The summed E-state index contributed by atoms with van der Waals surface area (Å²) in [5.41, 5.74) is 1.84. The first-order valence-electron chi connectivity index (χ1n) is 11.8. The molecule has 0 bridgehead atoms. The molecular formula is C26H32O8. The molecule has 0 amide bonds. The fraction of sp³-hybridized carbons (Fsp3) is 0.615. The number of hydrogen-bond donors (Lipinski definition) is 0. The summed E-state index contributed by atoms with van der Waals surface area (Å²) < 4.78 is 22.5. The largest absolute Gasteiger partial charge is 0.458 e. The van der Waals surface area contributed by atoms with Crippen LogP contribution in [0.25, 0.3) is 0 Å². The van der Waals surface area contributed by atoms with Crippen LogP contribution in [0.3, 0.4) is 0 Å². The van der Waals surface area contributed by atoms with E-state index in [2.05, 4.69) is 6.92 Å². The van der Waals surface area contributed by atoms with Crippen LogP contribution in [0.1, 0.15) is 70.9 Å². The highest BCUT2D eigenvalue weighted by Crippen LogP contribution is 2.62. The van der Waals surface area contributed by atoms with Crippen molar-refractivity contribution in [1.29, 1.82) is 0 Å². The van der Waals surface area contributed by atoms with E-state index in [1.165, 1.54) is 33.3 Å². The van der Waals surface area contributed by atoms with E-state index in [0.717, 1.165) is 31.2 Å². The molecule has 7 atom stereocenters. The Labute approximate surface area is 199 Å². The summed E-state index contributed by atoms with van der Waals surface area (Å²) in [6.07, 6.45) is 0.932. The fourth-order valence-corrected chi connectivity index (χ4v) is 6.80. The SMILES string of the molecule is CC(=O)Oc1ccc2c(c1)CC[C@H]1[C@@H]3[C@@H](OC(C)=O)[C@@H](OC(C)=O)[C@H](OC(C)=O)[C@@]3(C)CC[C@H]21. The average molecular weight is 473 g/mol. The van der Waals surface area contributed by atoms with Crippen molar-refractivity contribution in [1.82, 2.24) is 0 Å². The molecule has 8 nitrogen and oxygen atoms in total. The predicted octanol–water partition coefficient (Wildman–Crippen LogP) is 3.48. The maximum atomic E-state index is 12.1. The molecule has 4 rings (SSSR count). The van der Waals surface area contributed by atoms with Crippen molar-refractivity contribution >= 4 is 23.9 Å². The van der Waals surface area contributed by atoms with E-state index >= 15 is 0 Å². The zero-order valence-corrected chi connectivity index (χ0v) is 20.3. The quantitative estimate of drug-likeness (QED) is 0.373. The third-order valence-electron chi connectivity index (χ3n) is 7.78. The zero-order valence-electron chi connectivity index (χ0n) is 20.3. The number of rotatable bonds is 4. The minimum Gasteiger partial charge on any atom is -0.458 e. The molecule has 0 N–H and O–H groups in total. The number of aryl methyl sites for hydroxylation is 1. The highest BCUT2D eigenvalue weighted by atomic mass is 16.6. The molecule has 0 radical (unpaired) electrons. The summed E-state index contributed by atoms with van der Waals surface area (Å²) in [6.45, 7) is 7.42. The predicted molar refractivity (Wildman–Crippen MR) is 120 cm³/mol. The van der Waals surface area contributed by atoms with Crippen molar-refractivity contribution in [3.8, 4) is 5.75 Å². The van der Waals surface area contributed by atoms with Gasteiger partial charge in [-0.15, -0.1) is 0 Å². The van der Waals surface area contributed by atoms with E-state index in [1.807, 2.05) is 18.2 Å². The van der Waals surface area contributed by atoms with Gasteiger partial charge in [0, 0.05) is 39.0 Å². The Balaban J connectivity index is 1.74. The van der Waals surface area contributed by atoms with Crippen molar-refractivity contribution in [2.75, 3.05) is 0 Å². The van der Waals surface area contributed by atoms with E-state index in [-0.39, 0.29) is 23.7 Å². The zero-order chi connectivity index (χ0) is 24.8. The van der Waals surface area contributed by atoms with E-state index in [0.29, 0.717) is 5.75 Å². The van der Waals surface area contributed by atoms with E-state index in [9.17, 15) is 19.2 Å². The van der Waals surface area contributed by atoms with Gasteiger partial charge in [-0.3, -0.25) is 19.2 Å². The van der Waals surface area contributed by atoms with Crippen molar-refractivity contribution < 1.29 is 38.1 Å². The molecule has 2 saturated carbocycles. The standard InChI is InChI=1S/C26H32O8/c1-13(27)31-18-7-9-19-17(12-18)6-8-21-20(19)10-11-26(5)22(21)23(32-14(2)28)24(33-15(3)29)25(26)34-16(4)30/h7,9,12,20-25H,6,8,10-11H2,1-5H3/t20-,21-,22-,23-,24-,25+,26+/m1/s1. The van der Waals surface area contributed by atoms with Crippen LogP contribution in [-0.2, 0) is 39.8 Å². The van der Waals surface area contributed by atoms with Crippen molar-refractivity contribution in [3.05, 3.63) is 29.3 Å². The maximum Gasteiger partial charge on any atom is 0.308 e. The van der Waals surface area contributed by atoms with E-state index in [4.69, 9.17) is 18.9 Å². The summed E-state index contributed by atoms with van der Waals surface area (Å²) in [4.78, 5) is 47.5. The molecule has 1 aromatic carbocycles. The molecule has 0 unspecified atom stereocenters. The van der Waals surface area contributed by atoms with Crippen LogP contribution >= 0.6 is 0 Å². The Morgan fingerprint density at radius 3 is 2.12 bits per heavy atom. The van der Waals surface area contributed by atoms with Crippen LogP contribution in [0.4, 0.5) is 0 Å². The Morgan fingerprint density at radius 2 is 1.50 bits per heavy atom. The summed E-state index contributed by atoms with van der Waals surface area (Å²) in [7, 11) is 0. The number of carbonyl (C=O) groups excluding carboxylic acids is 4. The lowest BCUT2D eigenvalue weighted by atomic mass is 9.55. The van der Waals surface area contributed by atoms with Crippen LogP contribution in [0.5, 0.6) is 5.75 Å². The van der Waals surface area contributed by atoms with Gasteiger partial charge in [0.1, 0.15) is 18.0 Å². The van der Waals surface area contributed by atoms with Gasteiger partial charge in [-0.05, 0) is 60.8 Å². The molecule has 1 aromatic rings. The number of hydrogen-bond acceptors (Lipinski definition) is 8. The molecular weight excluding hydrogens is 440 g/mol. The minimum absolute atomic E-state index is 0.147. The summed E-state index contributed by atoms with van der Waals surface area (Å²) >= 11 is 0. The monoisotopic (exact) mass is 472 g/mol. The number of ether oxygens (including phenoxy) is 4. The normalized spacial score (nSPS) is 33.6. The van der Waals surface area contributed by atoms with Gasteiger partial charge < -0.3 is 18.9 Å². The van der Waals surface area contributed by atoms with E-state index < -0.39 is 41.6 Å². The Bertz CT molecular complexity index is 1020. The van der Waals surface area contributed by atoms with Gasteiger partial charge in [-0.1, -0.05) is 13.0 Å². The molecule has 0 aliphatic heterocycles. The lowest BCUT2D eigenvalue weighted by Crippen LogP contribution is -2.47. The summed E-state index contributed by atoms with van der Waals surface area (Å²) in [5, 5.41) is 0. The van der Waals surface area contributed by atoms with Crippen LogP contribution in [0.2, 0.25) is 0 Å². The van der Waals surface area contributed by atoms with Gasteiger partial charge in [-0.2, -0.15) is 0 Å². The second-order valence-corrected chi connectivity index (χ2v) is 10.0. The molecule has 0 spiro atoms. The molecule has 0 heterocycles. The topological polar surface area (TPSA) is 105 Å². The lowest BCUT2D eigenvalue weighted by molar-refractivity contribution is -0.178. The smallest absolute Gasteiger partial charge is 0.308 e. The third kappa shape index (κ3) is 4.30. The van der Waals surface area contributed by atoms with Gasteiger partial charge in [0.05, 0.1) is 0 Å². The van der Waals surface area contributed by atoms with Crippen molar-refractivity contribution in [3.63, 3.8) is 0 Å². The Morgan fingerprint density at radius 1 is 0.853 bits per heavy atom. The molecule has 184 valence electrons. The molecule has 0 saturated heterocycles. The highest BCUT2D eigenvalue weighted by molar-refractivity contribution is 5.70. The number of esters is 4. The molecule has 2 fully saturated rings. The Hall–Kier alpha value is -2.90. The molecule has 3 aliphatic rings. The number of carbonyl (C=O) groups is 4. The highest BCUT2D eigenvalue weighted by Gasteiger charge is 2.67. The third-order valence-corrected chi connectivity index (χ3v) is 7.78. The molecule has 3 aliphatic carbocycles. The maximum absolute atomic E-state index is 12.1. The first-order chi connectivity index (χ1) is 16.0. The minimum atomic E-state index is -0.855. The van der Waals surface area contributed by atoms with Crippen molar-refractivity contribution in [2.24, 2.45) is 17.3 Å². The number of fused-ring (bicyclic) bond motifs is 5. The summed E-state index contributed by atoms with van der Waals surface area (Å²) in [5.74, 6) is -1.04. The second kappa shape index (κ2) is 9.04. The van der Waals surface area contributed by atoms with Gasteiger partial charge >= 0.3 is 23.9 Å². The van der Waals surface area contributed by atoms with E-state index in [1.54, 1.807) is 0 Å². The van der Waals surface area contributed by atoms with Crippen LogP contribution in [-0.4, -0.2) is 42.2 Å². The van der Waals surface area contributed by atoms with Crippen molar-refractivity contribution in [2.45, 2.75) is 84.5 Å².